The molecule has 1 N–H and O–H groups in total. The first kappa shape index (κ1) is 17.5. The molecular formula is C18H23N3O3S. The third-order valence-corrected chi connectivity index (χ3v) is 5.97. The third kappa shape index (κ3) is 3.28. The molecule has 0 aliphatic carbocycles. The average molecular weight is 361 g/mol. The molecule has 3 rings (SSSR count). The van der Waals surface area contributed by atoms with Crippen molar-refractivity contribution in [3.05, 3.63) is 47.3 Å². The number of anilines is 1. The van der Waals surface area contributed by atoms with Crippen molar-refractivity contribution in [3.63, 3.8) is 0 Å². The summed E-state index contributed by atoms with van der Waals surface area (Å²) < 4.78 is 29.7. The van der Waals surface area contributed by atoms with Crippen LogP contribution in [0.25, 0.3) is 0 Å². The molecule has 25 heavy (non-hydrogen) atoms. The molecule has 6 nitrogen and oxygen atoms in total. The predicted octanol–water partition coefficient (Wildman–Crippen LogP) is 2.77. The number of carbonyl (C=O) groups excluding carboxylic acids is 1. The summed E-state index contributed by atoms with van der Waals surface area (Å²) >= 11 is 0. The number of aryl methyl sites for hydroxylation is 2. The minimum Gasteiger partial charge on any atom is -0.340 e. The van der Waals surface area contributed by atoms with Gasteiger partial charge in [-0.25, -0.2) is 8.42 Å². The van der Waals surface area contributed by atoms with Gasteiger partial charge >= 0.3 is 0 Å². The fourth-order valence-corrected chi connectivity index (χ4v) is 4.06. The zero-order valence-corrected chi connectivity index (χ0v) is 15.7. The van der Waals surface area contributed by atoms with Crippen LogP contribution >= 0.6 is 0 Å². The number of hydrogen-bond acceptors (Lipinski definition) is 3. The van der Waals surface area contributed by atoms with Crippen molar-refractivity contribution in [2.75, 3.05) is 11.3 Å². The number of carbonyl (C=O) groups is 1. The van der Waals surface area contributed by atoms with Crippen molar-refractivity contribution in [1.29, 1.82) is 0 Å². The van der Waals surface area contributed by atoms with Crippen LogP contribution in [0, 0.1) is 13.8 Å². The molecule has 0 spiro atoms. The average Bonchev–Trinajstić information content (AvgIpc) is 2.97. The lowest BCUT2D eigenvalue weighted by Gasteiger charge is -2.31. The maximum Gasteiger partial charge on any atom is 0.270 e. The standard InChI is InChI=1S/C18H23N3O3S/c1-12(2)21-8-7-20-11-16(10-17(20)18(21)22)25(23,24)19-15-6-5-13(3)14(4)9-15/h5-6,9-12,19H,7-8H2,1-4H3. The van der Waals surface area contributed by atoms with Gasteiger partial charge in [-0.1, -0.05) is 6.07 Å². The Balaban J connectivity index is 1.90. The molecule has 1 aromatic carbocycles. The largest absolute Gasteiger partial charge is 0.340 e. The highest BCUT2D eigenvalue weighted by Crippen LogP contribution is 2.24. The lowest BCUT2D eigenvalue weighted by molar-refractivity contribution is 0.0649. The van der Waals surface area contributed by atoms with Crippen LogP contribution in [0.1, 0.15) is 35.5 Å². The van der Waals surface area contributed by atoms with Gasteiger partial charge in [-0.15, -0.1) is 0 Å². The van der Waals surface area contributed by atoms with Crippen LogP contribution in [0.15, 0.2) is 35.4 Å². The van der Waals surface area contributed by atoms with E-state index in [1.54, 1.807) is 21.6 Å². The van der Waals surface area contributed by atoms with E-state index in [9.17, 15) is 13.2 Å². The topological polar surface area (TPSA) is 71.4 Å². The highest BCUT2D eigenvalue weighted by Gasteiger charge is 2.29. The van der Waals surface area contributed by atoms with Gasteiger partial charge in [-0.05, 0) is 57.0 Å². The molecule has 0 unspecified atom stereocenters. The van der Waals surface area contributed by atoms with Crippen LogP contribution in [0.3, 0.4) is 0 Å². The minimum absolute atomic E-state index is 0.0878. The van der Waals surface area contributed by atoms with Crippen molar-refractivity contribution in [2.24, 2.45) is 0 Å². The van der Waals surface area contributed by atoms with Gasteiger partial charge in [-0.3, -0.25) is 9.52 Å². The second-order valence-electron chi connectivity index (χ2n) is 6.75. The van der Waals surface area contributed by atoms with E-state index in [1.165, 1.54) is 12.3 Å². The summed E-state index contributed by atoms with van der Waals surface area (Å²) in [7, 11) is -3.74. The molecule has 1 aromatic heterocycles. The highest BCUT2D eigenvalue weighted by molar-refractivity contribution is 7.92. The van der Waals surface area contributed by atoms with Crippen molar-refractivity contribution < 1.29 is 13.2 Å². The molecule has 134 valence electrons. The molecule has 0 saturated heterocycles. The zero-order chi connectivity index (χ0) is 18.4. The van der Waals surface area contributed by atoms with Gasteiger partial charge in [0.1, 0.15) is 10.6 Å². The Kier molecular flexibility index (Phi) is 4.36. The van der Waals surface area contributed by atoms with Gasteiger partial charge in [0.25, 0.3) is 15.9 Å². The second-order valence-corrected chi connectivity index (χ2v) is 8.43. The Labute approximate surface area is 148 Å². The van der Waals surface area contributed by atoms with Crippen LogP contribution in [0.5, 0.6) is 0 Å². The summed E-state index contributed by atoms with van der Waals surface area (Å²) in [5.74, 6) is -0.131. The summed E-state index contributed by atoms with van der Waals surface area (Å²) in [5.41, 5.74) is 3.04. The minimum atomic E-state index is -3.74. The van der Waals surface area contributed by atoms with E-state index in [0.29, 0.717) is 24.5 Å². The maximum absolute atomic E-state index is 12.7. The smallest absolute Gasteiger partial charge is 0.270 e. The van der Waals surface area contributed by atoms with E-state index in [1.807, 2.05) is 33.8 Å². The van der Waals surface area contributed by atoms with Crippen LogP contribution in [-0.4, -0.2) is 36.4 Å². The van der Waals surface area contributed by atoms with Gasteiger partial charge in [0.15, 0.2) is 0 Å². The zero-order valence-electron chi connectivity index (χ0n) is 14.9. The fourth-order valence-electron chi connectivity index (χ4n) is 2.97. The number of nitrogens with one attached hydrogen (secondary N) is 1. The number of amides is 1. The molecule has 0 bridgehead atoms. The molecule has 2 heterocycles. The number of nitrogens with zero attached hydrogens (tertiary/aromatic N) is 2. The van der Waals surface area contributed by atoms with E-state index in [0.717, 1.165) is 11.1 Å². The Bertz CT molecular complexity index is 929. The number of sulfonamides is 1. The Hall–Kier alpha value is -2.28. The van der Waals surface area contributed by atoms with Crippen molar-refractivity contribution in [1.82, 2.24) is 9.47 Å². The molecule has 7 heteroatoms. The summed E-state index contributed by atoms with van der Waals surface area (Å²) in [4.78, 5) is 14.4. The lowest BCUT2D eigenvalue weighted by Crippen LogP contribution is -2.43. The van der Waals surface area contributed by atoms with Crippen molar-refractivity contribution >= 4 is 21.6 Å². The quantitative estimate of drug-likeness (QED) is 0.910. The number of rotatable bonds is 4. The van der Waals surface area contributed by atoms with E-state index >= 15 is 0 Å². The molecular weight excluding hydrogens is 338 g/mol. The summed E-state index contributed by atoms with van der Waals surface area (Å²) in [6, 6.07) is 6.96. The van der Waals surface area contributed by atoms with Crippen LogP contribution in [-0.2, 0) is 16.6 Å². The third-order valence-electron chi connectivity index (χ3n) is 4.63. The fraction of sp³-hybridized carbons (Fsp3) is 0.389. The van der Waals surface area contributed by atoms with Crippen LogP contribution in [0.4, 0.5) is 5.69 Å². The molecule has 1 aliphatic rings. The maximum atomic E-state index is 12.7. The van der Waals surface area contributed by atoms with E-state index in [-0.39, 0.29) is 16.8 Å². The van der Waals surface area contributed by atoms with E-state index in [4.69, 9.17) is 0 Å². The number of hydrogen-bond donors (Lipinski definition) is 1. The number of benzene rings is 1. The van der Waals surface area contributed by atoms with E-state index in [2.05, 4.69) is 4.72 Å². The molecule has 2 aromatic rings. The highest BCUT2D eigenvalue weighted by atomic mass is 32.2. The first-order valence-corrected chi connectivity index (χ1v) is 9.78. The molecule has 0 saturated carbocycles. The van der Waals surface area contributed by atoms with Crippen molar-refractivity contribution in [3.8, 4) is 0 Å². The van der Waals surface area contributed by atoms with Crippen LogP contribution < -0.4 is 4.72 Å². The normalized spacial score (nSPS) is 14.8. The van der Waals surface area contributed by atoms with Crippen molar-refractivity contribution in [2.45, 2.75) is 45.2 Å². The summed E-state index contributed by atoms with van der Waals surface area (Å²) in [6.07, 6.45) is 1.54. The van der Waals surface area contributed by atoms with Gasteiger partial charge in [0.05, 0.1) is 0 Å². The Morgan fingerprint density at radius 2 is 1.80 bits per heavy atom. The second kappa shape index (κ2) is 6.22. The monoisotopic (exact) mass is 361 g/mol. The summed E-state index contributed by atoms with van der Waals surface area (Å²) in [5, 5.41) is 0. The SMILES string of the molecule is Cc1ccc(NS(=O)(=O)c2cc3n(c2)CCN(C(C)C)C3=O)cc1C. The van der Waals surface area contributed by atoms with Gasteiger partial charge in [0, 0.05) is 31.0 Å². The molecule has 0 atom stereocenters. The molecule has 0 fully saturated rings. The summed E-state index contributed by atoms with van der Waals surface area (Å²) in [6.45, 7) is 9.00. The predicted molar refractivity (Wildman–Crippen MR) is 97.3 cm³/mol. The van der Waals surface area contributed by atoms with Gasteiger partial charge < -0.3 is 9.47 Å². The lowest BCUT2D eigenvalue weighted by atomic mass is 10.1. The first-order chi connectivity index (χ1) is 11.7. The number of fused-ring (bicyclic) bond motifs is 1. The molecule has 1 amide bonds. The van der Waals surface area contributed by atoms with E-state index < -0.39 is 10.0 Å². The number of aromatic nitrogens is 1. The van der Waals surface area contributed by atoms with Gasteiger partial charge in [-0.2, -0.15) is 0 Å². The first-order valence-electron chi connectivity index (χ1n) is 8.30. The molecule has 0 radical (unpaired) electrons. The molecule has 1 aliphatic heterocycles. The van der Waals surface area contributed by atoms with Crippen LogP contribution in [0.2, 0.25) is 0 Å². The Morgan fingerprint density at radius 1 is 1.08 bits per heavy atom. The Morgan fingerprint density at radius 3 is 2.44 bits per heavy atom. The van der Waals surface area contributed by atoms with Gasteiger partial charge in [0.2, 0.25) is 0 Å².